The lowest BCUT2D eigenvalue weighted by molar-refractivity contribution is 1.16. The van der Waals surface area contributed by atoms with Crippen molar-refractivity contribution in [3.05, 3.63) is 102 Å². The van der Waals surface area contributed by atoms with Crippen molar-refractivity contribution >= 4 is 31.5 Å². The number of rotatable bonds is 3. The fourth-order valence-corrected chi connectivity index (χ4v) is 4.49. The zero-order valence-electron chi connectivity index (χ0n) is 16.9. The molecule has 0 radical (unpaired) electrons. The van der Waals surface area contributed by atoms with Gasteiger partial charge in [0.25, 0.3) is 0 Å². The van der Waals surface area contributed by atoms with Gasteiger partial charge in [0.1, 0.15) is 0 Å². The predicted octanol–water partition coefficient (Wildman–Crippen LogP) is 6.58. The Bertz CT molecular complexity index is 1430. The van der Waals surface area contributed by atoms with Crippen LogP contribution in [0.1, 0.15) is 19.4 Å². The van der Waals surface area contributed by atoms with E-state index >= 15 is 0 Å². The molecule has 0 amide bonds. The number of hydrogen-bond donors (Lipinski definition) is 0. The molecule has 2 aromatic heterocycles. The van der Waals surface area contributed by atoms with E-state index in [2.05, 4.69) is 23.2 Å². The Balaban J connectivity index is 1.61. The number of hydrogen-bond acceptors (Lipinski definition) is 3. The topological polar surface area (TPSA) is 36.7 Å². The maximum atomic E-state index is 9.15. The summed E-state index contributed by atoms with van der Waals surface area (Å²) in [7, 11) is 0. The van der Waals surface area contributed by atoms with Crippen LogP contribution in [0.5, 0.6) is 0 Å². The average Bonchev–Trinajstić information content (AvgIpc) is 3.16. The maximum absolute atomic E-state index is 9.15. The third kappa shape index (κ3) is 3.05. The molecule has 28 heavy (non-hydrogen) atoms. The molecule has 0 unspecified atom stereocenters. The van der Waals surface area contributed by atoms with Crippen LogP contribution in [-0.4, -0.2) is 4.98 Å². The van der Waals surface area contributed by atoms with E-state index < -0.39 is 6.37 Å². The molecule has 0 atom stereocenters. The second-order valence-corrected chi connectivity index (χ2v) is 7.64. The molecule has 0 aliphatic rings. The Morgan fingerprint density at radius 3 is 2.61 bits per heavy atom. The van der Waals surface area contributed by atoms with Crippen molar-refractivity contribution in [1.29, 1.82) is 5.26 Å². The van der Waals surface area contributed by atoms with Crippen LogP contribution in [0, 0.1) is 11.3 Å². The van der Waals surface area contributed by atoms with E-state index in [1.165, 1.54) is 0 Å². The number of aromatic nitrogens is 1. The van der Waals surface area contributed by atoms with Gasteiger partial charge in [0.15, 0.2) is 0 Å². The SMILES string of the molecule is [2H]C([2H])(c1ccccc1)c1ccnc(-c2ccc3sc4cc(C#N)ccc4c3c2)c1. The third-order valence-electron chi connectivity index (χ3n) is 4.72. The Hall–Kier alpha value is -3.48. The van der Waals surface area contributed by atoms with Gasteiger partial charge in [0, 0.05) is 34.7 Å². The van der Waals surface area contributed by atoms with Gasteiger partial charge in [-0.15, -0.1) is 11.3 Å². The van der Waals surface area contributed by atoms with Crippen LogP contribution in [-0.2, 0) is 6.37 Å². The lowest BCUT2D eigenvalue weighted by Crippen LogP contribution is -1.90. The number of fused-ring (bicyclic) bond motifs is 3. The Kier molecular flexibility index (Phi) is 3.60. The summed E-state index contributed by atoms with van der Waals surface area (Å²) in [5, 5.41) is 11.4. The minimum Gasteiger partial charge on any atom is -0.256 e. The zero-order valence-corrected chi connectivity index (χ0v) is 15.7. The molecule has 0 saturated carbocycles. The van der Waals surface area contributed by atoms with Crippen LogP contribution < -0.4 is 0 Å². The van der Waals surface area contributed by atoms with E-state index in [0.29, 0.717) is 16.7 Å². The number of benzene rings is 3. The maximum Gasteiger partial charge on any atom is 0.0992 e. The number of thiophene rings is 1. The van der Waals surface area contributed by atoms with Gasteiger partial charge in [-0.2, -0.15) is 5.26 Å². The molecular weight excluding hydrogens is 360 g/mol. The van der Waals surface area contributed by atoms with Crippen molar-refractivity contribution in [2.75, 3.05) is 0 Å². The number of nitriles is 1. The van der Waals surface area contributed by atoms with E-state index in [1.54, 1.807) is 35.7 Å². The minimum atomic E-state index is -1.61. The van der Waals surface area contributed by atoms with Gasteiger partial charge in [0.2, 0.25) is 0 Å². The van der Waals surface area contributed by atoms with Crippen LogP contribution in [0.3, 0.4) is 0 Å². The average molecular weight is 378 g/mol. The van der Waals surface area contributed by atoms with Crippen LogP contribution in [0.25, 0.3) is 31.4 Å². The third-order valence-corrected chi connectivity index (χ3v) is 5.85. The van der Waals surface area contributed by atoms with Gasteiger partial charge in [-0.25, -0.2) is 0 Å². The summed E-state index contributed by atoms with van der Waals surface area (Å²) in [5.41, 5.74) is 3.54. The van der Waals surface area contributed by atoms with E-state index in [4.69, 9.17) is 8.00 Å². The van der Waals surface area contributed by atoms with E-state index in [1.807, 2.05) is 48.5 Å². The number of nitrogens with zero attached hydrogens (tertiary/aromatic N) is 2. The minimum absolute atomic E-state index is 0.577. The second kappa shape index (κ2) is 6.92. The molecule has 132 valence electrons. The smallest absolute Gasteiger partial charge is 0.0992 e. The quantitative estimate of drug-likeness (QED) is 0.355. The lowest BCUT2D eigenvalue weighted by atomic mass is 10.0. The molecular formula is C25H16N2S. The van der Waals surface area contributed by atoms with Gasteiger partial charge >= 0.3 is 0 Å². The lowest BCUT2D eigenvalue weighted by Gasteiger charge is -2.06. The van der Waals surface area contributed by atoms with Crippen molar-refractivity contribution < 1.29 is 2.74 Å². The second-order valence-electron chi connectivity index (χ2n) is 6.56. The van der Waals surface area contributed by atoms with Crippen molar-refractivity contribution in [2.45, 2.75) is 6.37 Å². The fourth-order valence-electron chi connectivity index (χ4n) is 3.36. The van der Waals surface area contributed by atoms with E-state index in [9.17, 15) is 0 Å². The molecule has 0 spiro atoms. The molecule has 0 aliphatic heterocycles. The Morgan fingerprint density at radius 2 is 1.75 bits per heavy atom. The van der Waals surface area contributed by atoms with Gasteiger partial charge in [-0.3, -0.25) is 4.98 Å². The summed E-state index contributed by atoms with van der Waals surface area (Å²) >= 11 is 1.67. The predicted molar refractivity (Wildman–Crippen MR) is 117 cm³/mol. The highest BCUT2D eigenvalue weighted by Crippen LogP contribution is 2.36. The first-order valence-electron chi connectivity index (χ1n) is 9.95. The van der Waals surface area contributed by atoms with Crippen molar-refractivity contribution in [3.8, 4) is 17.3 Å². The molecule has 5 aromatic rings. The van der Waals surface area contributed by atoms with Gasteiger partial charge < -0.3 is 0 Å². The highest BCUT2D eigenvalue weighted by molar-refractivity contribution is 7.25. The standard InChI is InChI=1S/C25H16N2S/c26-16-19-6-8-21-22-15-20(7-9-24(22)28-25(21)14-19)23-13-18(10-11-27-23)12-17-4-2-1-3-5-17/h1-11,13-15H,12H2/i12D2. The Labute approximate surface area is 170 Å². The first kappa shape index (κ1) is 14.6. The van der Waals surface area contributed by atoms with Crippen LogP contribution in [0.15, 0.2) is 85.1 Å². The molecule has 0 aliphatic carbocycles. The monoisotopic (exact) mass is 378 g/mol. The largest absolute Gasteiger partial charge is 0.256 e. The summed E-state index contributed by atoms with van der Waals surface area (Å²) in [6, 6.07) is 26.9. The first-order chi connectivity index (χ1) is 14.6. The molecule has 0 bridgehead atoms. The molecule has 3 heteroatoms. The van der Waals surface area contributed by atoms with E-state index in [-0.39, 0.29) is 0 Å². The summed E-state index contributed by atoms with van der Waals surface area (Å²) in [5.74, 6) is 0. The zero-order chi connectivity index (χ0) is 20.7. The van der Waals surface area contributed by atoms with E-state index in [0.717, 1.165) is 31.4 Å². The first-order valence-corrected chi connectivity index (χ1v) is 9.77. The summed E-state index contributed by atoms with van der Waals surface area (Å²) in [6.45, 7) is 0. The van der Waals surface area contributed by atoms with Gasteiger partial charge in [-0.05, 0) is 53.9 Å². The highest BCUT2D eigenvalue weighted by Gasteiger charge is 2.09. The molecule has 0 saturated heterocycles. The number of pyridine rings is 1. The van der Waals surface area contributed by atoms with Crippen molar-refractivity contribution in [3.63, 3.8) is 0 Å². The van der Waals surface area contributed by atoms with Crippen molar-refractivity contribution in [1.82, 2.24) is 4.98 Å². The summed E-state index contributed by atoms with van der Waals surface area (Å²) in [4.78, 5) is 4.51. The molecule has 2 heterocycles. The highest BCUT2D eigenvalue weighted by atomic mass is 32.1. The van der Waals surface area contributed by atoms with Crippen LogP contribution >= 0.6 is 11.3 Å². The molecule has 0 N–H and O–H groups in total. The molecule has 5 rings (SSSR count). The van der Waals surface area contributed by atoms with Crippen molar-refractivity contribution in [2.24, 2.45) is 0 Å². The molecule has 0 fully saturated rings. The van der Waals surface area contributed by atoms with Gasteiger partial charge in [-0.1, -0.05) is 42.5 Å². The normalized spacial score (nSPS) is 12.5. The molecule has 2 nitrogen and oxygen atoms in total. The van der Waals surface area contributed by atoms with Crippen LogP contribution in [0.2, 0.25) is 0 Å². The van der Waals surface area contributed by atoms with Gasteiger partial charge in [0.05, 0.1) is 17.3 Å². The van der Waals surface area contributed by atoms with Crippen LogP contribution in [0.4, 0.5) is 0 Å². The fraction of sp³-hybridized carbons (Fsp3) is 0.0400. The molecule has 3 aromatic carbocycles. The summed E-state index contributed by atoms with van der Waals surface area (Å²) in [6.07, 6.45) is 0.0619. The summed E-state index contributed by atoms with van der Waals surface area (Å²) < 4.78 is 19.5. The Morgan fingerprint density at radius 1 is 0.857 bits per heavy atom.